The van der Waals surface area contributed by atoms with Gasteiger partial charge in [0.05, 0.1) is 0 Å². The van der Waals surface area contributed by atoms with Crippen LogP contribution in [0.15, 0.2) is 43.6 Å². The van der Waals surface area contributed by atoms with E-state index in [-0.39, 0.29) is 46.0 Å². The maximum Gasteiger partial charge on any atom is -0.147 e. The van der Waals surface area contributed by atoms with Gasteiger partial charge >= 0.3 is 77.6 Å². The molecule has 13 heavy (non-hydrogen) atoms. The van der Waals surface area contributed by atoms with Gasteiger partial charge in [-0.25, -0.2) is 0 Å². The Hall–Kier alpha value is 0.339. The summed E-state index contributed by atoms with van der Waals surface area (Å²) in [7, 11) is 0. The molecule has 2 radical (unpaired) electrons. The molecule has 0 aromatic carbocycles. The summed E-state index contributed by atoms with van der Waals surface area (Å²) < 4.78 is 3.45. The third-order valence-corrected chi connectivity index (χ3v) is 5.81. The number of hydrogen-bond donors (Lipinski definition) is 0. The average molecular weight is 322 g/mol. The van der Waals surface area contributed by atoms with Crippen LogP contribution in [0.1, 0.15) is 12.8 Å². The summed E-state index contributed by atoms with van der Waals surface area (Å²) in [5.74, 6) is 0. The summed E-state index contributed by atoms with van der Waals surface area (Å²) in [6.45, 7) is 0. The second-order valence-corrected chi connectivity index (χ2v) is 7.15. The summed E-state index contributed by atoms with van der Waals surface area (Å²) in [5, 5.41) is 0. The Morgan fingerprint density at radius 3 is 1.62 bits per heavy atom. The SMILES string of the molecule is C1=CC[C]([Sn][C]2=CC=CC2)=C1.Cl.Cl. The van der Waals surface area contributed by atoms with E-state index in [4.69, 9.17) is 0 Å². The van der Waals surface area contributed by atoms with Crippen molar-refractivity contribution in [1.82, 2.24) is 0 Å². The quantitative estimate of drug-likeness (QED) is 0.685. The summed E-state index contributed by atoms with van der Waals surface area (Å²) >= 11 is -0.312. The maximum absolute atomic E-state index is 2.31. The van der Waals surface area contributed by atoms with Crippen LogP contribution in [-0.4, -0.2) is 21.1 Å². The molecule has 0 saturated heterocycles. The smallest absolute Gasteiger partial charge is 0.147 e. The number of allylic oxidation sites excluding steroid dienone is 8. The zero-order valence-corrected chi connectivity index (χ0v) is 11.7. The summed E-state index contributed by atoms with van der Waals surface area (Å²) in [4.78, 5) is 0. The van der Waals surface area contributed by atoms with Crippen molar-refractivity contribution in [3.8, 4) is 0 Å². The zero-order valence-electron chi connectivity index (χ0n) is 7.19. The Balaban J connectivity index is 0.000000720. The van der Waals surface area contributed by atoms with Crippen molar-refractivity contribution in [2.75, 3.05) is 0 Å². The first kappa shape index (κ1) is 13.3. The Morgan fingerprint density at radius 1 is 0.846 bits per heavy atom. The molecule has 0 aromatic rings. The largest absolute Gasteiger partial charge is 0.147 e. The molecule has 0 fully saturated rings. The van der Waals surface area contributed by atoms with Crippen LogP contribution in [0, 0.1) is 0 Å². The molecule has 0 saturated carbocycles. The van der Waals surface area contributed by atoms with Crippen molar-refractivity contribution in [2.45, 2.75) is 12.8 Å². The molecule has 0 heterocycles. The van der Waals surface area contributed by atoms with E-state index in [2.05, 4.69) is 36.5 Å². The minimum atomic E-state index is -0.312. The Bertz CT molecular complexity index is 247. The molecular formula is C10H12Cl2Sn. The molecule has 2 aliphatic rings. The van der Waals surface area contributed by atoms with E-state index in [9.17, 15) is 0 Å². The van der Waals surface area contributed by atoms with Gasteiger partial charge in [-0.05, 0) is 0 Å². The Morgan fingerprint density at radius 2 is 1.31 bits per heavy atom. The summed E-state index contributed by atoms with van der Waals surface area (Å²) in [6.07, 6.45) is 16.0. The molecule has 70 valence electrons. The molecule has 2 rings (SSSR count). The Labute approximate surface area is 102 Å². The van der Waals surface area contributed by atoms with Gasteiger partial charge in [-0.2, -0.15) is 0 Å². The van der Waals surface area contributed by atoms with Crippen LogP contribution in [-0.2, 0) is 0 Å². The van der Waals surface area contributed by atoms with Crippen LogP contribution >= 0.6 is 24.8 Å². The van der Waals surface area contributed by atoms with Crippen molar-refractivity contribution >= 4 is 46.0 Å². The van der Waals surface area contributed by atoms with Crippen LogP contribution in [0.5, 0.6) is 0 Å². The molecule has 2 aliphatic carbocycles. The second kappa shape index (κ2) is 6.74. The second-order valence-electron chi connectivity index (χ2n) is 2.77. The predicted octanol–water partition coefficient (Wildman–Crippen LogP) is 3.22. The van der Waals surface area contributed by atoms with Crippen molar-refractivity contribution in [1.29, 1.82) is 0 Å². The molecule has 0 spiro atoms. The molecule has 0 aliphatic heterocycles. The molecule has 0 bridgehead atoms. The monoisotopic (exact) mass is 322 g/mol. The fraction of sp³-hybridized carbons (Fsp3) is 0.200. The van der Waals surface area contributed by atoms with Gasteiger partial charge in [0.25, 0.3) is 0 Å². The van der Waals surface area contributed by atoms with Crippen molar-refractivity contribution in [3.63, 3.8) is 0 Å². The van der Waals surface area contributed by atoms with Crippen molar-refractivity contribution < 1.29 is 0 Å². The number of halogens is 2. The zero-order chi connectivity index (χ0) is 7.52. The Kier molecular flexibility index (Phi) is 6.92. The first-order valence-electron chi connectivity index (χ1n) is 3.93. The first-order valence-corrected chi connectivity index (χ1v) is 6.79. The number of rotatable bonds is 2. The van der Waals surface area contributed by atoms with E-state index in [1.807, 2.05) is 0 Å². The normalized spacial score (nSPS) is 17.5. The average Bonchev–Trinajstić information content (AvgIpc) is 2.60. The van der Waals surface area contributed by atoms with Crippen LogP contribution in [0.2, 0.25) is 0 Å². The van der Waals surface area contributed by atoms with Crippen LogP contribution < -0.4 is 0 Å². The fourth-order valence-corrected chi connectivity index (χ4v) is 4.74. The van der Waals surface area contributed by atoms with Gasteiger partial charge in [0.2, 0.25) is 0 Å². The third kappa shape index (κ3) is 3.92. The minimum absolute atomic E-state index is 0. The first-order chi connectivity index (χ1) is 5.45. The topological polar surface area (TPSA) is 0 Å². The van der Waals surface area contributed by atoms with Gasteiger partial charge in [-0.15, -0.1) is 24.8 Å². The van der Waals surface area contributed by atoms with Gasteiger partial charge < -0.3 is 0 Å². The maximum atomic E-state index is 2.31. The van der Waals surface area contributed by atoms with E-state index in [0.717, 1.165) is 0 Å². The number of hydrogen-bond acceptors (Lipinski definition) is 0. The van der Waals surface area contributed by atoms with Gasteiger partial charge in [-0.1, -0.05) is 0 Å². The molecule has 3 heteroatoms. The summed E-state index contributed by atoms with van der Waals surface area (Å²) in [5.41, 5.74) is 0. The van der Waals surface area contributed by atoms with Crippen molar-refractivity contribution in [2.24, 2.45) is 0 Å². The van der Waals surface area contributed by atoms with Crippen molar-refractivity contribution in [3.05, 3.63) is 43.6 Å². The molecule has 0 N–H and O–H groups in total. The van der Waals surface area contributed by atoms with E-state index in [0.29, 0.717) is 0 Å². The molecule has 0 aromatic heterocycles. The summed E-state index contributed by atoms with van der Waals surface area (Å²) in [6, 6.07) is 0. The van der Waals surface area contributed by atoms with Crippen LogP contribution in [0.3, 0.4) is 0 Å². The van der Waals surface area contributed by atoms with E-state index >= 15 is 0 Å². The minimum Gasteiger partial charge on any atom is -0.147 e. The third-order valence-electron chi connectivity index (χ3n) is 1.86. The van der Waals surface area contributed by atoms with Gasteiger partial charge in [0, 0.05) is 0 Å². The van der Waals surface area contributed by atoms with Gasteiger partial charge in [0.15, 0.2) is 0 Å². The van der Waals surface area contributed by atoms with E-state index in [1.165, 1.54) is 12.8 Å². The van der Waals surface area contributed by atoms with E-state index in [1.54, 1.807) is 7.18 Å². The van der Waals surface area contributed by atoms with E-state index < -0.39 is 0 Å². The fourth-order valence-electron chi connectivity index (χ4n) is 1.29. The molecule has 0 atom stereocenters. The van der Waals surface area contributed by atoms with Gasteiger partial charge in [-0.3, -0.25) is 0 Å². The molecular weight excluding hydrogens is 310 g/mol. The van der Waals surface area contributed by atoms with Crippen LogP contribution in [0.4, 0.5) is 0 Å². The molecule has 0 amide bonds. The molecule has 0 unspecified atom stereocenters. The van der Waals surface area contributed by atoms with Gasteiger partial charge in [0.1, 0.15) is 0 Å². The standard InChI is InChI=1S/2C5H5.2ClH.Sn/c2*1-2-4-5-3-1;;;/h2*1-3H,4H2;2*1H;. The predicted molar refractivity (Wildman–Crippen MR) is 63.9 cm³/mol. The molecule has 0 nitrogen and oxygen atoms in total. The van der Waals surface area contributed by atoms with Crippen LogP contribution in [0.25, 0.3) is 0 Å².